The Hall–Kier alpha value is -1.60. The molecule has 0 saturated carbocycles. The molecule has 0 spiro atoms. The minimum absolute atomic E-state index is 0.739. The normalized spacial score (nSPS) is 9.93. The molecule has 0 aliphatic heterocycles. The summed E-state index contributed by atoms with van der Waals surface area (Å²) in [6.45, 7) is 3.56. The number of benzene rings is 2. The van der Waals surface area contributed by atoms with E-state index in [1.807, 2.05) is 48.5 Å². The fourth-order valence-electron chi connectivity index (χ4n) is 1.49. The molecule has 2 aromatic carbocycles. The Morgan fingerprint density at radius 3 is 2.27 bits per heavy atom. The Morgan fingerprint density at radius 2 is 1.60 bits per heavy atom. The number of nitrogens with zero attached hydrogens (tertiary/aromatic N) is 1. The number of halogens is 1. The third kappa shape index (κ3) is 2.08. The molecule has 0 fully saturated rings. The molecule has 0 radical (unpaired) electrons. The number of hydrogen-bond donors (Lipinski definition) is 0. The first kappa shape index (κ1) is 9.94. The van der Waals surface area contributed by atoms with Crippen LogP contribution in [0.3, 0.4) is 0 Å². The van der Waals surface area contributed by atoms with Crippen LogP contribution < -0.4 is 0 Å². The van der Waals surface area contributed by atoms with E-state index in [1.54, 1.807) is 0 Å². The van der Waals surface area contributed by atoms with Crippen LogP contribution in [0.15, 0.2) is 53.5 Å². The lowest BCUT2D eigenvalue weighted by Crippen LogP contribution is -1.77. The third-order valence-corrected chi connectivity index (χ3v) is 2.48. The highest BCUT2D eigenvalue weighted by atomic mass is 35.5. The number of rotatable bonds is 2. The summed E-state index contributed by atoms with van der Waals surface area (Å²) in [5, 5.41) is 0.739. The molecule has 0 aliphatic carbocycles. The zero-order valence-electron chi connectivity index (χ0n) is 8.15. The maximum absolute atomic E-state index is 5.84. The van der Waals surface area contributed by atoms with Gasteiger partial charge in [0.25, 0.3) is 0 Å². The quantitative estimate of drug-likeness (QED) is 0.661. The summed E-state index contributed by atoms with van der Waals surface area (Å²) in [5.41, 5.74) is 3.06. The van der Waals surface area contributed by atoms with Crippen molar-refractivity contribution in [1.29, 1.82) is 0 Å². The van der Waals surface area contributed by atoms with E-state index in [9.17, 15) is 0 Å². The van der Waals surface area contributed by atoms with Crippen molar-refractivity contribution >= 4 is 24.0 Å². The minimum atomic E-state index is 0.739. The van der Waals surface area contributed by atoms with Gasteiger partial charge in [-0.1, -0.05) is 41.9 Å². The third-order valence-electron chi connectivity index (χ3n) is 2.23. The smallest absolute Gasteiger partial charge is 0.0700 e. The molecule has 74 valence electrons. The van der Waals surface area contributed by atoms with Gasteiger partial charge in [-0.3, -0.25) is 4.99 Å². The number of hydrogen-bond acceptors (Lipinski definition) is 1. The molecule has 0 atom stereocenters. The summed E-state index contributed by atoms with van der Waals surface area (Å²) < 4.78 is 0. The van der Waals surface area contributed by atoms with Crippen molar-refractivity contribution in [3.63, 3.8) is 0 Å². The first-order valence-electron chi connectivity index (χ1n) is 4.63. The lowest BCUT2D eigenvalue weighted by Gasteiger charge is -2.04. The maximum atomic E-state index is 5.84. The van der Waals surface area contributed by atoms with E-state index < -0.39 is 0 Å². The summed E-state index contributed by atoms with van der Waals surface area (Å²) in [6, 6.07) is 15.6. The fourth-order valence-corrected chi connectivity index (χ4v) is 1.61. The highest BCUT2D eigenvalue weighted by Crippen LogP contribution is 2.30. The second kappa shape index (κ2) is 4.28. The molecule has 0 aliphatic rings. The predicted octanol–water partition coefficient (Wildman–Crippen LogP) is 4.34. The molecule has 2 aromatic rings. The van der Waals surface area contributed by atoms with Crippen molar-refractivity contribution in [1.82, 2.24) is 0 Å². The fraction of sp³-hybridized carbons (Fsp3) is 0. The van der Waals surface area contributed by atoms with Gasteiger partial charge in [-0.05, 0) is 30.5 Å². The van der Waals surface area contributed by atoms with E-state index in [1.165, 1.54) is 0 Å². The van der Waals surface area contributed by atoms with Gasteiger partial charge in [0.1, 0.15) is 0 Å². The number of aliphatic imine (C=N–C) groups is 1. The molecule has 0 unspecified atom stereocenters. The van der Waals surface area contributed by atoms with Crippen molar-refractivity contribution in [3.05, 3.63) is 53.6 Å². The average molecular weight is 216 g/mol. The van der Waals surface area contributed by atoms with Crippen molar-refractivity contribution in [2.75, 3.05) is 0 Å². The van der Waals surface area contributed by atoms with Gasteiger partial charge in [0.05, 0.1) is 5.69 Å². The van der Waals surface area contributed by atoms with Gasteiger partial charge in [0, 0.05) is 10.6 Å². The van der Waals surface area contributed by atoms with Crippen LogP contribution in [-0.2, 0) is 0 Å². The molecular formula is C13H10ClN. The van der Waals surface area contributed by atoms with E-state index in [0.717, 1.165) is 21.8 Å². The topological polar surface area (TPSA) is 12.4 Å². The van der Waals surface area contributed by atoms with E-state index >= 15 is 0 Å². The van der Waals surface area contributed by atoms with Crippen LogP contribution in [0.1, 0.15) is 0 Å². The van der Waals surface area contributed by atoms with Gasteiger partial charge in [-0.15, -0.1) is 0 Å². The van der Waals surface area contributed by atoms with E-state index in [-0.39, 0.29) is 0 Å². The Labute approximate surface area is 94.1 Å². The zero-order valence-corrected chi connectivity index (χ0v) is 8.91. The van der Waals surface area contributed by atoms with Crippen LogP contribution in [0.2, 0.25) is 5.02 Å². The van der Waals surface area contributed by atoms with Gasteiger partial charge >= 0.3 is 0 Å². The second-order valence-electron chi connectivity index (χ2n) is 3.18. The lowest BCUT2D eigenvalue weighted by molar-refractivity contribution is 1.53. The van der Waals surface area contributed by atoms with Crippen LogP contribution in [0.4, 0.5) is 5.69 Å². The zero-order chi connectivity index (χ0) is 10.7. The van der Waals surface area contributed by atoms with Crippen molar-refractivity contribution in [2.24, 2.45) is 4.99 Å². The predicted molar refractivity (Wildman–Crippen MR) is 66.1 cm³/mol. The van der Waals surface area contributed by atoms with Gasteiger partial charge < -0.3 is 0 Å². The Balaban J connectivity index is 2.53. The lowest BCUT2D eigenvalue weighted by atomic mass is 10.0. The molecule has 15 heavy (non-hydrogen) atoms. The minimum Gasteiger partial charge on any atom is -0.264 e. The standard InChI is InChI=1S/C13H10ClN/c1-15-13-5-3-2-4-12(13)10-6-8-11(14)9-7-10/h2-9H,1H2. The Morgan fingerprint density at radius 1 is 0.933 bits per heavy atom. The summed E-state index contributed by atoms with van der Waals surface area (Å²) >= 11 is 5.84. The van der Waals surface area contributed by atoms with Gasteiger partial charge in [-0.25, -0.2) is 0 Å². The Kier molecular flexibility index (Phi) is 2.84. The number of para-hydroxylation sites is 1. The summed E-state index contributed by atoms with van der Waals surface area (Å²) in [7, 11) is 0. The first-order chi connectivity index (χ1) is 7.31. The van der Waals surface area contributed by atoms with Crippen LogP contribution >= 0.6 is 11.6 Å². The molecule has 0 saturated heterocycles. The molecule has 0 aromatic heterocycles. The van der Waals surface area contributed by atoms with Gasteiger partial charge in [-0.2, -0.15) is 0 Å². The highest BCUT2D eigenvalue weighted by Gasteiger charge is 2.01. The molecule has 0 bridgehead atoms. The van der Waals surface area contributed by atoms with Crippen molar-refractivity contribution in [3.8, 4) is 11.1 Å². The summed E-state index contributed by atoms with van der Waals surface area (Å²) in [5.74, 6) is 0. The van der Waals surface area contributed by atoms with Crippen LogP contribution in [0.5, 0.6) is 0 Å². The molecule has 2 rings (SSSR count). The molecule has 0 heterocycles. The Bertz CT molecular complexity index is 474. The van der Waals surface area contributed by atoms with E-state index in [0.29, 0.717) is 0 Å². The van der Waals surface area contributed by atoms with Crippen LogP contribution in [-0.4, -0.2) is 6.72 Å². The molecule has 0 amide bonds. The molecule has 0 N–H and O–H groups in total. The largest absolute Gasteiger partial charge is 0.264 e. The maximum Gasteiger partial charge on any atom is 0.0700 e. The van der Waals surface area contributed by atoms with Gasteiger partial charge in [0.2, 0.25) is 0 Å². The van der Waals surface area contributed by atoms with Gasteiger partial charge in [0.15, 0.2) is 0 Å². The van der Waals surface area contributed by atoms with Crippen molar-refractivity contribution < 1.29 is 0 Å². The first-order valence-corrected chi connectivity index (χ1v) is 5.01. The average Bonchev–Trinajstić information content (AvgIpc) is 2.30. The van der Waals surface area contributed by atoms with E-state index in [4.69, 9.17) is 11.6 Å². The SMILES string of the molecule is C=Nc1ccccc1-c1ccc(Cl)cc1. The van der Waals surface area contributed by atoms with Crippen LogP contribution in [0, 0.1) is 0 Å². The second-order valence-corrected chi connectivity index (χ2v) is 3.62. The molecule has 2 heteroatoms. The summed E-state index contributed by atoms with van der Waals surface area (Å²) in [6.07, 6.45) is 0. The monoisotopic (exact) mass is 215 g/mol. The molecular weight excluding hydrogens is 206 g/mol. The highest BCUT2D eigenvalue weighted by molar-refractivity contribution is 6.30. The summed E-state index contributed by atoms with van der Waals surface area (Å²) in [4.78, 5) is 3.99. The molecule has 1 nitrogen and oxygen atoms in total. The van der Waals surface area contributed by atoms with E-state index in [2.05, 4.69) is 11.7 Å². The van der Waals surface area contributed by atoms with Crippen LogP contribution in [0.25, 0.3) is 11.1 Å². The van der Waals surface area contributed by atoms with Crippen molar-refractivity contribution in [2.45, 2.75) is 0 Å².